The lowest BCUT2D eigenvalue weighted by molar-refractivity contribution is -0.110. The lowest BCUT2D eigenvalue weighted by atomic mass is 10.1. The largest absolute Gasteiger partial charge is 0.378 e. The second kappa shape index (κ2) is 8.02. The molecule has 0 atom stereocenters. The van der Waals surface area contributed by atoms with E-state index >= 15 is 0 Å². The van der Waals surface area contributed by atoms with Crippen LogP contribution in [0.5, 0.6) is 5.75 Å². The van der Waals surface area contributed by atoms with Gasteiger partial charge in [0.25, 0.3) is 0 Å². The van der Waals surface area contributed by atoms with Gasteiger partial charge in [-0.25, -0.2) is 4.99 Å². The van der Waals surface area contributed by atoms with Crippen molar-refractivity contribution >= 4 is 49.4 Å². The first kappa shape index (κ1) is 17.9. The van der Waals surface area contributed by atoms with Crippen LogP contribution in [0.2, 0.25) is 0 Å². The fourth-order valence-corrected chi connectivity index (χ4v) is 3.31. The first-order valence-electron chi connectivity index (χ1n) is 8.61. The van der Waals surface area contributed by atoms with Gasteiger partial charge in [0.05, 0.1) is 5.69 Å². The molecule has 0 spiro atoms. The van der Waals surface area contributed by atoms with E-state index < -0.39 is 0 Å². The number of benzene rings is 4. The van der Waals surface area contributed by atoms with Crippen molar-refractivity contribution in [3.8, 4) is 5.75 Å². The highest BCUT2D eigenvalue weighted by Crippen LogP contribution is 2.29. The van der Waals surface area contributed by atoms with Gasteiger partial charge >= 0.3 is 5.23 Å². The normalized spacial score (nSPS) is 11.5. The maximum absolute atomic E-state index is 7.59. The average Bonchev–Trinajstić information content (AvgIpc) is 2.72. The Morgan fingerprint density at radius 1 is 0.786 bits per heavy atom. The van der Waals surface area contributed by atoms with Crippen molar-refractivity contribution in [1.29, 1.82) is 5.41 Å². The lowest BCUT2D eigenvalue weighted by Crippen LogP contribution is -2.12. The number of aliphatic imine (C=N–C) groups is 1. The van der Waals surface area contributed by atoms with Gasteiger partial charge in [-0.3, -0.25) is 15.2 Å². The van der Waals surface area contributed by atoms with Gasteiger partial charge in [-0.1, -0.05) is 72.8 Å². The zero-order valence-electron chi connectivity index (χ0n) is 14.8. The summed E-state index contributed by atoms with van der Waals surface area (Å²) in [5.74, 6) is 0.563. The molecule has 5 nitrogen and oxygen atoms in total. The summed E-state index contributed by atoms with van der Waals surface area (Å²) in [6, 6.07) is 27.3. The molecule has 3 N–H and O–H groups in total. The van der Waals surface area contributed by atoms with Crippen molar-refractivity contribution in [3.63, 3.8) is 0 Å². The molecule has 0 aromatic heterocycles. The molecule has 28 heavy (non-hydrogen) atoms. The van der Waals surface area contributed by atoms with Crippen molar-refractivity contribution < 1.29 is 9.78 Å². The number of nitrogens with two attached hydrogens (primary N) is 1. The molecule has 0 radical (unpaired) electrons. The zero-order chi connectivity index (χ0) is 19.3. The van der Waals surface area contributed by atoms with E-state index in [-0.39, 0.29) is 10.4 Å². The summed E-state index contributed by atoms with van der Waals surface area (Å²) in [6.45, 7) is 0. The minimum absolute atomic E-state index is 0.136. The fraction of sp³-hybridized carbons (Fsp3) is 0. The summed E-state index contributed by atoms with van der Waals surface area (Å²) in [7, 11) is 0. The van der Waals surface area contributed by atoms with Crippen LogP contribution in [0.25, 0.3) is 21.5 Å². The Morgan fingerprint density at radius 2 is 1.39 bits per heavy atom. The molecule has 0 aliphatic carbocycles. The Morgan fingerprint density at radius 3 is 2.14 bits per heavy atom. The van der Waals surface area contributed by atoms with E-state index in [0.29, 0.717) is 11.4 Å². The van der Waals surface area contributed by atoms with Crippen LogP contribution in [-0.4, -0.2) is 10.4 Å². The number of fused-ring (bicyclic) bond motifs is 2. The highest BCUT2D eigenvalue weighted by atomic mass is 32.2. The number of nitrogens with one attached hydrogen (secondary N) is 1. The second-order valence-corrected chi connectivity index (χ2v) is 6.98. The Balaban J connectivity index is 1.66. The maximum atomic E-state index is 7.59. The third kappa shape index (κ3) is 3.92. The van der Waals surface area contributed by atoms with Crippen LogP contribution >= 0.6 is 11.8 Å². The van der Waals surface area contributed by atoms with E-state index in [4.69, 9.17) is 20.9 Å². The molecule has 0 aliphatic rings. The molecule has 6 heteroatoms. The van der Waals surface area contributed by atoms with Crippen LogP contribution in [-0.2, 0) is 4.89 Å². The van der Waals surface area contributed by atoms with Gasteiger partial charge < -0.3 is 5.73 Å². The first-order chi connectivity index (χ1) is 13.7. The van der Waals surface area contributed by atoms with Gasteiger partial charge in [-0.05, 0) is 22.9 Å². The van der Waals surface area contributed by atoms with Crippen LogP contribution in [0.15, 0.2) is 89.9 Å². The Labute approximate surface area is 166 Å². The minimum atomic E-state index is -0.138. The highest BCUT2D eigenvalue weighted by Gasteiger charge is 2.11. The van der Waals surface area contributed by atoms with E-state index in [2.05, 4.69) is 4.99 Å². The lowest BCUT2D eigenvalue weighted by Gasteiger charge is -2.10. The maximum Gasteiger partial charge on any atom is 0.312 e. The number of nitrogens with zero attached hydrogens (tertiary/aromatic N) is 1. The number of hydrogen-bond acceptors (Lipinski definition) is 5. The Kier molecular flexibility index (Phi) is 5.12. The molecule has 0 saturated carbocycles. The third-order valence-electron chi connectivity index (χ3n) is 4.13. The van der Waals surface area contributed by atoms with Crippen LogP contribution in [0.1, 0.15) is 0 Å². The SMILES string of the molecule is N=C(N)SC(=Nc1cccc2ccccc12)OOc1cccc2ccccc12. The number of thioether (sulfide) groups is 1. The minimum Gasteiger partial charge on any atom is -0.378 e. The fourth-order valence-electron chi connectivity index (χ4n) is 2.91. The molecule has 4 aromatic rings. The van der Waals surface area contributed by atoms with E-state index in [0.717, 1.165) is 33.3 Å². The molecule has 0 amide bonds. The second-order valence-electron chi connectivity index (χ2n) is 5.99. The molecule has 0 bridgehead atoms. The van der Waals surface area contributed by atoms with Crippen molar-refractivity contribution in [2.75, 3.05) is 0 Å². The predicted octanol–water partition coefficient (Wildman–Crippen LogP) is 5.62. The molecule has 138 valence electrons. The quantitative estimate of drug-likeness (QED) is 0.207. The third-order valence-corrected chi connectivity index (χ3v) is 4.68. The smallest absolute Gasteiger partial charge is 0.312 e. The van der Waals surface area contributed by atoms with Gasteiger partial charge in [-0.2, -0.15) is 0 Å². The molecule has 0 saturated heterocycles. The number of amidine groups is 1. The first-order valence-corrected chi connectivity index (χ1v) is 9.43. The summed E-state index contributed by atoms with van der Waals surface area (Å²) in [6.07, 6.45) is 0. The molecule has 0 fully saturated rings. The van der Waals surface area contributed by atoms with Gasteiger partial charge in [0, 0.05) is 22.5 Å². The summed E-state index contributed by atoms with van der Waals surface area (Å²) < 4.78 is 0. The zero-order valence-corrected chi connectivity index (χ0v) is 15.6. The number of hydrogen-bond donors (Lipinski definition) is 2. The summed E-state index contributed by atoms with van der Waals surface area (Å²) in [5.41, 5.74) is 6.26. The highest BCUT2D eigenvalue weighted by molar-refractivity contribution is 8.26. The standard InChI is InChI=1S/C22H17N3O2S/c23-21(24)28-22(25-19-13-5-9-15-7-1-3-11-17(15)19)27-26-20-14-6-10-16-8-2-4-12-18(16)20/h1-14H,(H3,23,24). The van der Waals surface area contributed by atoms with Crippen molar-refractivity contribution in [2.24, 2.45) is 10.7 Å². The average molecular weight is 387 g/mol. The topological polar surface area (TPSA) is 80.7 Å². The van der Waals surface area contributed by atoms with E-state index in [9.17, 15) is 0 Å². The van der Waals surface area contributed by atoms with Crippen LogP contribution in [0, 0.1) is 5.41 Å². The molecular weight excluding hydrogens is 370 g/mol. The molecule has 0 unspecified atom stereocenters. The van der Waals surface area contributed by atoms with Crippen LogP contribution in [0.4, 0.5) is 5.69 Å². The van der Waals surface area contributed by atoms with E-state index in [1.165, 1.54) is 0 Å². The van der Waals surface area contributed by atoms with Gasteiger partial charge in [-0.15, -0.1) is 0 Å². The van der Waals surface area contributed by atoms with Crippen molar-refractivity contribution in [3.05, 3.63) is 84.9 Å². The molecule has 0 aliphatic heterocycles. The number of rotatable bonds is 3. The van der Waals surface area contributed by atoms with Gasteiger partial charge in [0.1, 0.15) is 0 Å². The van der Waals surface area contributed by atoms with E-state index in [1.54, 1.807) is 0 Å². The summed E-state index contributed by atoms with van der Waals surface area (Å²) in [4.78, 5) is 15.6. The summed E-state index contributed by atoms with van der Waals surface area (Å²) in [5, 5.41) is 11.6. The monoisotopic (exact) mass is 387 g/mol. The Hall–Kier alpha value is -3.51. The van der Waals surface area contributed by atoms with Crippen LogP contribution in [0.3, 0.4) is 0 Å². The van der Waals surface area contributed by atoms with Crippen molar-refractivity contribution in [1.82, 2.24) is 0 Å². The van der Waals surface area contributed by atoms with Crippen molar-refractivity contribution in [2.45, 2.75) is 0 Å². The Bertz CT molecular complexity index is 1180. The molecule has 0 heterocycles. The molecule has 4 rings (SSSR count). The van der Waals surface area contributed by atoms with E-state index in [1.807, 2.05) is 84.9 Å². The predicted molar refractivity (Wildman–Crippen MR) is 116 cm³/mol. The molecule has 4 aromatic carbocycles. The van der Waals surface area contributed by atoms with Crippen LogP contribution < -0.4 is 10.6 Å². The van der Waals surface area contributed by atoms with Gasteiger partial charge in [0.2, 0.25) is 0 Å². The molecular formula is C22H17N3O2S. The van der Waals surface area contributed by atoms with Gasteiger partial charge in [0.15, 0.2) is 10.9 Å². The summed E-state index contributed by atoms with van der Waals surface area (Å²) >= 11 is 0.891.